The van der Waals surface area contributed by atoms with E-state index in [4.69, 9.17) is 5.73 Å². The van der Waals surface area contributed by atoms with Crippen molar-refractivity contribution in [1.82, 2.24) is 15.3 Å². The van der Waals surface area contributed by atoms with Crippen LogP contribution in [-0.2, 0) is 6.18 Å². The van der Waals surface area contributed by atoms with E-state index in [0.29, 0.717) is 0 Å². The number of rotatable bonds is 3. The van der Waals surface area contributed by atoms with Gasteiger partial charge in [-0.15, -0.1) is 0 Å². The fourth-order valence-corrected chi connectivity index (χ4v) is 1.11. The molecule has 0 aromatic carbocycles. The Hall–Kier alpha value is -1.70. The number of carbonyl (C=O) groups is 1. The molecule has 0 bridgehead atoms. The van der Waals surface area contributed by atoms with Crippen molar-refractivity contribution in [3.05, 3.63) is 23.3 Å². The third kappa shape index (κ3) is 3.38. The number of hydrogen-bond acceptors (Lipinski definition) is 4. The lowest BCUT2D eigenvalue weighted by Crippen LogP contribution is -2.30. The van der Waals surface area contributed by atoms with Crippen molar-refractivity contribution in [2.75, 3.05) is 13.1 Å². The number of nitrogens with one attached hydrogen (secondary N) is 1. The Balaban J connectivity index is 2.94. The molecule has 1 rings (SSSR count). The van der Waals surface area contributed by atoms with Crippen molar-refractivity contribution < 1.29 is 18.0 Å². The van der Waals surface area contributed by atoms with Gasteiger partial charge in [0.15, 0.2) is 0 Å². The third-order valence-electron chi connectivity index (χ3n) is 1.91. The van der Waals surface area contributed by atoms with E-state index in [1.807, 2.05) is 0 Å². The highest BCUT2D eigenvalue weighted by molar-refractivity contribution is 5.94. The van der Waals surface area contributed by atoms with Crippen molar-refractivity contribution >= 4 is 5.91 Å². The Morgan fingerprint density at radius 1 is 1.53 bits per heavy atom. The standard InChI is InChI=1S/C9H11F3N4O/c1-5-6(7(17)14-3-2-13)4-15-8(16-5)9(10,11)12/h4H,2-3,13H2,1H3,(H,14,17). The molecule has 0 fully saturated rings. The van der Waals surface area contributed by atoms with E-state index < -0.39 is 17.9 Å². The van der Waals surface area contributed by atoms with Gasteiger partial charge in [0.25, 0.3) is 5.91 Å². The summed E-state index contributed by atoms with van der Waals surface area (Å²) in [6.07, 6.45) is -3.76. The molecular weight excluding hydrogens is 237 g/mol. The molecule has 94 valence electrons. The Morgan fingerprint density at radius 3 is 2.65 bits per heavy atom. The first-order valence-electron chi connectivity index (χ1n) is 4.75. The first kappa shape index (κ1) is 13.4. The second kappa shape index (κ2) is 5.09. The molecule has 1 amide bonds. The van der Waals surface area contributed by atoms with E-state index in [9.17, 15) is 18.0 Å². The molecule has 0 atom stereocenters. The highest BCUT2D eigenvalue weighted by Gasteiger charge is 2.35. The topological polar surface area (TPSA) is 80.9 Å². The molecule has 0 spiro atoms. The van der Waals surface area contributed by atoms with Crippen LogP contribution in [0.5, 0.6) is 0 Å². The van der Waals surface area contributed by atoms with Crippen molar-refractivity contribution in [3.63, 3.8) is 0 Å². The average Bonchev–Trinajstić information content (AvgIpc) is 2.24. The number of nitrogens with zero attached hydrogens (tertiary/aromatic N) is 2. The zero-order valence-electron chi connectivity index (χ0n) is 9.01. The maximum Gasteiger partial charge on any atom is 0.451 e. The molecule has 8 heteroatoms. The third-order valence-corrected chi connectivity index (χ3v) is 1.91. The number of aromatic nitrogens is 2. The maximum atomic E-state index is 12.3. The lowest BCUT2D eigenvalue weighted by atomic mass is 10.2. The van der Waals surface area contributed by atoms with Crippen LogP contribution in [-0.4, -0.2) is 29.0 Å². The van der Waals surface area contributed by atoms with E-state index in [2.05, 4.69) is 15.3 Å². The number of aryl methyl sites for hydroxylation is 1. The molecule has 0 radical (unpaired) electrons. The quantitative estimate of drug-likeness (QED) is 0.815. The van der Waals surface area contributed by atoms with Gasteiger partial charge in [0.2, 0.25) is 5.82 Å². The minimum absolute atomic E-state index is 0.00597. The second-order valence-corrected chi connectivity index (χ2v) is 3.24. The van der Waals surface area contributed by atoms with Gasteiger partial charge in [-0.05, 0) is 6.92 Å². The minimum atomic E-state index is -4.61. The summed E-state index contributed by atoms with van der Waals surface area (Å²) in [7, 11) is 0. The Kier molecular flexibility index (Phi) is 4.00. The van der Waals surface area contributed by atoms with Crippen LogP contribution in [0, 0.1) is 6.92 Å². The summed E-state index contributed by atoms with van der Waals surface area (Å²) in [5.74, 6) is -1.80. The number of nitrogens with two attached hydrogens (primary N) is 1. The summed E-state index contributed by atoms with van der Waals surface area (Å²) >= 11 is 0. The Morgan fingerprint density at radius 2 is 2.18 bits per heavy atom. The predicted octanol–water partition coefficient (Wildman–Crippen LogP) is 0.492. The molecule has 0 unspecified atom stereocenters. The SMILES string of the molecule is Cc1nc(C(F)(F)F)ncc1C(=O)NCCN. The molecule has 0 aliphatic heterocycles. The van der Waals surface area contributed by atoms with Crippen LogP contribution in [0.1, 0.15) is 21.9 Å². The Labute approximate surface area is 95.2 Å². The first-order valence-corrected chi connectivity index (χ1v) is 4.75. The van der Waals surface area contributed by atoms with Crippen LogP contribution < -0.4 is 11.1 Å². The smallest absolute Gasteiger partial charge is 0.351 e. The van der Waals surface area contributed by atoms with E-state index in [0.717, 1.165) is 6.20 Å². The predicted molar refractivity (Wildman–Crippen MR) is 53.2 cm³/mol. The van der Waals surface area contributed by atoms with E-state index in [1.54, 1.807) is 0 Å². The molecule has 0 saturated carbocycles. The van der Waals surface area contributed by atoms with E-state index >= 15 is 0 Å². The van der Waals surface area contributed by atoms with Crippen molar-refractivity contribution in [2.24, 2.45) is 5.73 Å². The summed E-state index contributed by atoms with van der Waals surface area (Å²) < 4.78 is 36.8. The summed E-state index contributed by atoms with van der Waals surface area (Å²) in [5.41, 5.74) is 5.16. The maximum absolute atomic E-state index is 12.3. The van der Waals surface area contributed by atoms with Crippen molar-refractivity contribution in [1.29, 1.82) is 0 Å². The highest BCUT2D eigenvalue weighted by Crippen LogP contribution is 2.26. The molecule has 17 heavy (non-hydrogen) atoms. The van der Waals surface area contributed by atoms with Gasteiger partial charge in [-0.25, -0.2) is 9.97 Å². The zero-order chi connectivity index (χ0) is 13.1. The summed E-state index contributed by atoms with van der Waals surface area (Å²) in [6.45, 7) is 1.79. The summed E-state index contributed by atoms with van der Waals surface area (Å²) in [4.78, 5) is 17.8. The Bertz CT molecular complexity index is 419. The second-order valence-electron chi connectivity index (χ2n) is 3.24. The molecule has 0 aliphatic rings. The molecule has 3 N–H and O–H groups in total. The number of hydrogen-bond donors (Lipinski definition) is 2. The van der Waals surface area contributed by atoms with Gasteiger partial charge in [-0.2, -0.15) is 13.2 Å². The lowest BCUT2D eigenvalue weighted by molar-refractivity contribution is -0.145. The van der Waals surface area contributed by atoms with Crippen molar-refractivity contribution in [2.45, 2.75) is 13.1 Å². The fourth-order valence-electron chi connectivity index (χ4n) is 1.11. The van der Waals surface area contributed by atoms with Gasteiger partial charge in [0.05, 0.1) is 11.3 Å². The van der Waals surface area contributed by atoms with Gasteiger partial charge in [-0.3, -0.25) is 4.79 Å². The number of alkyl halides is 3. The van der Waals surface area contributed by atoms with Gasteiger partial charge >= 0.3 is 6.18 Å². The molecule has 1 aromatic heterocycles. The lowest BCUT2D eigenvalue weighted by Gasteiger charge is -2.08. The average molecular weight is 248 g/mol. The normalized spacial score (nSPS) is 11.4. The summed E-state index contributed by atoms with van der Waals surface area (Å²) in [6, 6.07) is 0. The number of amides is 1. The zero-order valence-corrected chi connectivity index (χ0v) is 9.01. The molecule has 0 saturated heterocycles. The highest BCUT2D eigenvalue weighted by atomic mass is 19.4. The van der Waals surface area contributed by atoms with E-state index in [1.165, 1.54) is 6.92 Å². The van der Waals surface area contributed by atoms with Crippen LogP contribution in [0.15, 0.2) is 6.20 Å². The van der Waals surface area contributed by atoms with Gasteiger partial charge in [0, 0.05) is 19.3 Å². The van der Waals surface area contributed by atoms with Gasteiger partial charge < -0.3 is 11.1 Å². The van der Waals surface area contributed by atoms with Crippen LogP contribution in [0.2, 0.25) is 0 Å². The first-order chi connectivity index (χ1) is 7.86. The fraction of sp³-hybridized carbons (Fsp3) is 0.444. The van der Waals surface area contributed by atoms with Crippen LogP contribution >= 0.6 is 0 Å². The number of carbonyl (C=O) groups excluding carboxylic acids is 1. The summed E-state index contributed by atoms with van der Waals surface area (Å²) in [5, 5.41) is 2.42. The minimum Gasteiger partial charge on any atom is -0.351 e. The monoisotopic (exact) mass is 248 g/mol. The van der Waals surface area contributed by atoms with E-state index in [-0.39, 0.29) is 24.3 Å². The van der Waals surface area contributed by atoms with Gasteiger partial charge in [-0.1, -0.05) is 0 Å². The largest absolute Gasteiger partial charge is 0.451 e. The van der Waals surface area contributed by atoms with Crippen molar-refractivity contribution in [3.8, 4) is 0 Å². The number of halogens is 3. The van der Waals surface area contributed by atoms with Crippen LogP contribution in [0.25, 0.3) is 0 Å². The molecular formula is C9H11F3N4O. The molecule has 0 aliphatic carbocycles. The van der Waals surface area contributed by atoms with Gasteiger partial charge in [0.1, 0.15) is 0 Å². The molecule has 1 aromatic rings. The molecule has 5 nitrogen and oxygen atoms in total. The molecule has 1 heterocycles. The van der Waals surface area contributed by atoms with Crippen LogP contribution in [0.3, 0.4) is 0 Å². The van der Waals surface area contributed by atoms with Crippen LogP contribution in [0.4, 0.5) is 13.2 Å².